The van der Waals surface area contributed by atoms with E-state index in [0.29, 0.717) is 29.5 Å². The van der Waals surface area contributed by atoms with Crippen molar-refractivity contribution in [3.05, 3.63) is 48.5 Å². The predicted molar refractivity (Wildman–Crippen MR) is 89.3 cm³/mol. The van der Waals surface area contributed by atoms with Crippen molar-refractivity contribution in [1.29, 1.82) is 0 Å². The van der Waals surface area contributed by atoms with E-state index < -0.39 is 6.10 Å². The van der Waals surface area contributed by atoms with Crippen LogP contribution in [0.5, 0.6) is 17.2 Å². The normalized spacial score (nSPS) is 11.4. The number of anilines is 1. The summed E-state index contributed by atoms with van der Waals surface area (Å²) in [5, 5.41) is 2.81. The lowest BCUT2D eigenvalue weighted by Gasteiger charge is -2.15. The highest BCUT2D eigenvalue weighted by molar-refractivity contribution is 5.94. The number of benzene rings is 2. The van der Waals surface area contributed by atoms with Crippen molar-refractivity contribution in [3.63, 3.8) is 0 Å². The van der Waals surface area contributed by atoms with E-state index in [2.05, 4.69) is 5.32 Å². The molecule has 5 heteroatoms. The van der Waals surface area contributed by atoms with Gasteiger partial charge in [-0.2, -0.15) is 0 Å². The molecular formula is C18H21NO4. The molecule has 0 radical (unpaired) electrons. The second-order valence-corrected chi connectivity index (χ2v) is 4.89. The van der Waals surface area contributed by atoms with Gasteiger partial charge in [-0.05, 0) is 38.1 Å². The Balaban J connectivity index is 1.98. The quantitative estimate of drug-likeness (QED) is 0.849. The summed E-state index contributed by atoms with van der Waals surface area (Å²) in [5.41, 5.74) is 0.669. The Kier molecular flexibility index (Phi) is 5.86. The zero-order valence-electron chi connectivity index (χ0n) is 13.5. The fourth-order valence-corrected chi connectivity index (χ4v) is 2.01. The molecule has 122 valence electrons. The molecule has 1 N–H and O–H groups in total. The fraction of sp³-hybridized carbons (Fsp3) is 0.278. The first-order valence-electron chi connectivity index (χ1n) is 7.46. The first kappa shape index (κ1) is 16.7. The maximum atomic E-state index is 12.2. The monoisotopic (exact) mass is 315 g/mol. The number of ether oxygens (including phenoxy) is 3. The SMILES string of the molecule is CCOc1cccc(NC(=O)[C@@H](C)Oc2cccc(OC)c2)c1. The van der Waals surface area contributed by atoms with Crippen molar-refractivity contribution in [1.82, 2.24) is 0 Å². The third kappa shape index (κ3) is 4.92. The highest BCUT2D eigenvalue weighted by atomic mass is 16.5. The van der Waals surface area contributed by atoms with Crippen LogP contribution in [0.4, 0.5) is 5.69 Å². The van der Waals surface area contributed by atoms with Gasteiger partial charge in [-0.3, -0.25) is 4.79 Å². The van der Waals surface area contributed by atoms with E-state index in [4.69, 9.17) is 14.2 Å². The lowest BCUT2D eigenvalue weighted by molar-refractivity contribution is -0.122. The molecule has 2 rings (SSSR count). The van der Waals surface area contributed by atoms with Crippen molar-refractivity contribution < 1.29 is 19.0 Å². The minimum Gasteiger partial charge on any atom is -0.497 e. The smallest absolute Gasteiger partial charge is 0.265 e. The molecule has 0 aliphatic heterocycles. The van der Waals surface area contributed by atoms with Gasteiger partial charge in [0.25, 0.3) is 5.91 Å². The Hall–Kier alpha value is -2.69. The molecule has 1 amide bonds. The topological polar surface area (TPSA) is 56.8 Å². The third-order valence-electron chi connectivity index (χ3n) is 3.14. The van der Waals surface area contributed by atoms with Crippen LogP contribution in [0.2, 0.25) is 0 Å². The molecule has 2 aromatic rings. The number of methoxy groups -OCH3 is 1. The summed E-state index contributed by atoms with van der Waals surface area (Å²) in [6.45, 7) is 4.18. The molecule has 0 spiro atoms. The van der Waals surface area contributed by atoms with Crippen LogP contribution in [0.3, 0.4) is 0 Å². The maximum absolute atomic E-state index is 12.2. The van der Waals surface area contributed by atoms with Gasteiger partial charge >= 0.3 is 0 Å². The summed E-state index contributed by atoms with van der Waals surface area (Å²) < 4.78 is 16.2. The Morgan fingerprint density at radius 3 is 2.52 bits per heavy atom. The Labute approximate surface area is 136 Å². The summed E-state index contributed by atoms with van der Waals surface area (Å²) >= 11 is 0. The molecule has 0 saturated heterocycles. The van der Waals surface area contributed by atoms with Crippen LogP contribution in [0.15, 0.2) is 48.5 Å². The van der Waals surface area contributed by atoms with Gasteiger partial charge in [0.05, 0.1) is 13.7 Å². The second kappa shape index (κ2) is 8.08. The summed E-state index contributed by atoms with van der Waals surface area (Å²) in [6, 6.07) is 14.4. The second-order valence-electron chi connectivity index (χ2n) is 4.89. The molecule has 0 aliphatic rings. The lowest BCUT2D eigenvalue weighted by Crippen LogP contribution is -2.30. The molecule has 0 heterocycles. The van der Waals surface area contributed by atoms with E-state index in [9.17, 15) is 4.79 Å². The third-order valence-corrected chi connectivity index (χ3v) is 3.14. The molecule has 23 heavy (non-hydrogen) atoms. The van der Waals surface area contributed by atoms with Crippen molar-refractivity contribution in [2.24, 2.45) is 0 Å². The van der Waals surface area contributed by atoms with E-state index in [0.717, 1.165) is 0 Å². The van der Waals surface area contributed by atoms with Gasteiger partial charge in [0.2, 0.25) is 0 Å². The standard InChI is InChI=1S/C18H21NO4/c1-4-22-16-9-5-7-14(11-16)19-18(20)13(2)23-17-10-6-8-15(12-17)21-3/h5-13H,4H2,1-3H3,(H,19,20)/t13-/m1/s1. The number of hydrogen-bond donors (Lipinski definition) is 1. The number of nitrogens with one attached hydrogen (secondary N) is 1. The van der Waals surface area contributed by atoms with Crippen LogP contribution < -0.4 is 19.5 Å². The van der Waals surface area contributed by atoms with Crippen LogP contribution in [-0.4, -0.2) is 25.7 Å². The van der Waals surface area contributed by atoms with Crippen LogP contribution >= 0.6 is 0 Å². The van der Waals surface area contributed by atoms with Crippen molar-refractivity contribution in [2.45, 2.75) is 20.0 Å². The number of amides is 1. The van der Waals surface area contributed by atoms with Crippen LogP contribution in [0, 0.1) is 0 Å². The van der Waals surface area contributed by atoms with E-state index in [1.165, 1.54) is 0 Å². The number of rotatable bonds is 7. The van der Waals surface area contributed by atoms with Crippen LogP contribution in [0.25, 0.3) is 0 Å². The number of carbonyl (C=O) groups is 1. The minimum absolute atomic E-state index is 0.235. The van der Waals surface area contributed by atoms with Crippen molar-refractivity contribution in [2.75, 3.05) is 19.0 Å². The molecule has 0 aromatic heterocycles. The average molecular weight is 315 g/mol. The molecule has 2 aromatic carbocycles. The Bertz CT molecular complexity index is 657. The first-order valence-corrected chi connectivity index (χ1v) is 7.46. The number of carbonyl (C=O) groups excluding carboxylic acids is 1. The molecule has 0 saturated carbocycles. The summed E-state index contributed by atoms with van der Waals surface area (Å²) in [5.74, 6) is 1.74. The van der Waals surface area contributed by atoms with E-state index in [1.54, 1.807) is 38.3 Å². The van der Waals surface area contributed by atoms with Crippen molar-refractivity contribution >= 4 is 11.6 Å². The molecule has 0 bridgehead atoms. The molecule has 1 atom stereocenters. The highest BCUT2D eigenvalue weighted by Gasteiger charge is 2.15. The van der Waals surface area contributed by atoms with Gasteiger partial charge in [0, 0.05) is 17.8 Å². The van der Waals surface area contributed by atoms with Gasteiger partial charge in [-0.15, -0.1) is 0 Å². The Morgan fingerprint density at radius 1 is 1.09 bits per heavy atom. The summed E-state index contributed by atoms with van der Waals surface area (Å²) in [6.07, 6.45) is -0.641. The maximum Gasteiger partial charge on any atom is 0.265 e. The van der Waals surface area contributed by atoms with Crippen LogP contribution in [0.1, 0.15) is 13.8 Å². The minimum atomic E-state index is -0.641. The largest absolute Gasteiger partial charge is 0.497 e. The summed E-state index contributed by atoms with van der Waals surface area (Å²) in [4.78, 5) is 12.2. The molecule has 5 nitrogen and oxygen atoms in total. The van der Waals surface area contributed by atoms with Crippen molar-refractivity contribution in [3.8, 4) is 17.2 Å². The van der Waals surface area contributed by atoms with Gasteiger partial charge in [0.1, 0.15) is 17.2 Å². The predicted octanol–water partition coefficient (Wildman–Crippen LogP) is 3.50. The zero-order valence-corrected chi connectivity index (χ0v) is 13.5. The first-order chi connectivity index (χ1) is 11.1. The Morgan fingerprint density at radius 2 is 1.78 bits per heavy atom. The highest BCUT2D eigenvalue weighted by Crippen LogP contribution is 2.21. The zero-order chi connectivity index (χ0) is 16.7. The lowest BCUT2D eigenvalue weighted by atomic mass is 10.2. The number of hydrogen-bond acceptors (Lipinski definition) is 4. The average Bonchev–Trinajstić information content (AvgIpc) is 2.55. The molecule has 0 unspecified atom stereocenters. The molecule has 0 aliphatic carbocycles. The van der Waals surface area contributed by atoms with Gasteiger partial charge in [-0.25, -0.2) is 0 Å². The molecule has 0 fully saturated rings. The van der Waals surface area contributed by atoms with Gasteiger partial charge < -0.3 is 19.5 Å². The fourth-order valence-electron chi connectivity index (χ4n) is 2.01. The van der Waals surface area contributed by atoms with E-state index in [1.807, 2.05) is 31.2 Å². The van der Waals surface area contributed by atoms with Crippen LogP contribution in [-0.2, 0) is 4.79 Å². The van der Waals surface area contributed by atoms with E-state index in [-0.39, 0.29) is 5.91 Å². The molecular weight excluding hydrogens is 294 g/mol. The van der Waals surface area contributed by atoms with Gasteiger partial charge in [-0.1, -0.05) is 12.1 Å². The van der Waals surface area contributed by atoms with E-state index >= 15 is 0 Å². The summed E-state index contributed by atoms with van der Waals surface area (Å²) in [7, 11) is 1.58. The van der Waals surface area contributed by atoms with Gasteiger partial charge in [0.15, 0.2) is 6.10 Å².